The lowest BCUT2D eigenvalue weighted by molar-refractivity contribution is -0.113. The average Bonchev–Trinajstić information content (AvgIpc) is 2.43. The molecule has 5 nitrogen and oxygen atoms in total. The summed E-state index contributed by atoms with van der Waals surface area (Å²) >= 11 is 0. The number of carbonyl (C=O) groups excluding carboxylic acids is 1. The summed E-state index contributed by atoms with van der Waals surface area (Å²) < 4.78 is 30.7. The molecule has 20 heavy (non-hydrogen) atoms. The van der Waals surface area contributed by atoms with Gasteiger partial charge >= 0.3 is 0 Å². The number of nitrogen functional groups attached to an aromatic ring is 1. The third kappa shape index (κ3) is 4.01. The summed E-state index contributed by atoms with van der Waals surface area (Å²) in [4.78, 5) is 11.8. The van der Waals surface area contributed by atoms with E-state index in [2.05, 4.69) is 5.32 Å². The van der Waals surface area contributed by atoms with Crippen LogP contribution in [0.3, 0.4) is 0 Å². The highest BCUT2D eigenvalue weighted by Gasteiger charge is 2.22. The Morgan fingerprint density at radius 1 is 1.45 bits per heavy atom. The van der Waals surface area contributed by atoms with Crippen molar-refractivity contribution in [3.63, 3.8) is 0 Å². The summed E-state index contributed by atoms with van der Waals surface area (Å²) in [5.74, 6) is -1.18. The van der Waals surface area contributed by atoms with Crippen LogP contribution < -0.4 is 11.1 Å². The van der Waals surface area contributed by atoms with Gasteiger partial charge < -0.3 is 15.8 Å². The summed E-state index contributed by atoms with van der Waals surface area (Å²) in [6.07, 6.45) is 1.37. The van der Waals surface area contributed by atoms with Crippen molar-refractivity contribution in [2.45, 2.75) is 18.1 Å². The highest BCUT2D eigenvalue weighted by Crippen LogP contribution is 2.18. The van der Waals surface area contributed by atoms with Crippen molar-refractivity contribution in [3.8, 4) is 0 Å². The van der Waals surface area contributed by atoms with Crippen LogP contribution in [-0.2, 0) is 20.3 Å². The van der Waals surface area contributed by atoms with Gasteiger partial charge in [-0.05, 0) is 31.0 Å². The Balaban J connectivity index is 1.91. The molecule has 1 fully saturated rings. The lowest BCUT2D eigenvalue weighted by Gasteiger charge is -2.21. The molecule has 3 N–H and O–H groups in total. The van der Waals surface area contributed by atoms with Gasteiger partial charge in [0.2, 0.25) is 5.91 Å². The van der Waals surface area contributed by atoms with E-state index in [4.69, 9.17) is 10.5 Å². The van der Waals surface area contributed by atoms with E-state index in [1.807, 2.05) is 0 Å². The summed E-state index contributed by atoms with van der Waals surface area (Å²) in [5.41, 5.74) is 5.90. The van der Waals surface area contributed by atoms with Crippen LogP contribution in [0.15, 0.2) is 18.2 Å². The van der Waals surface area contributed by atoms with E-state index >= 15 is 0 Å². The zero-order chi connectivity index (χ0) is 14.5. The number of amides is 1. The summed E-state index contributed by atoms with van der Waals surface area (Å²) in [7, 11) is -1.27. The highest BCUT2D eigenvalue weighted by molar-refractivity contribution is 7.86. The number of halogens is 1. The van der Waals surface area contributed by atoms with Gasteiger partial charge in [0.25, 0.3) is 0 Å². The van der Waals surface area contributed by atoms with Crippen molar-refractivity contribution in [3.05, 3.63) is 24.0 Å². The maximum Gasteiger partial charge on any atom is 0.237 e. The van der Waals surface area contributed by atoms with E-state index in [1.165, 1.54) is 18.2 Å². The van der Waals surface area contributed by atoms with E-state index in [9.17, 15) is 13.4 Å². The second-order valence-corrected chi connectivity index (χ2v) is 6.34. The van der Waals surface area contributed by atoms with Crippen LogP contribution in [0.2, 0.25) is 0 Å². The zero-order valence-corrected chi connectivity index (χ0v) is 11.7. The standard InChI is InChI=1S/C13H17FN2O3S/c14-11-2-1-9(15)7-12(11)16-13(17)8-20(18)10-3-5-19-6-4-10/h1-2,7,10H,3-6,8,15H2,(H,16,17). The molecule has 1 heterocycles. The van der Waals surface area contributed by atoms with Crippen molar-refractivity contribution in [1.82, 2.24) is 0 Å². The molecule has 1 atom stereocenters. The molecule has 0 bridgehead atoms. The second-order valence-electron chi connectivity index (χ2n) is 4.62. The molecule has 1 aliphatic rings. The number of benzene rings is 1. The van der Waals surface area contributed by atoms with Gasteiger partial charge in [-0.3, -0.25) is 9.00 Å². The molecule has 1 aromatic carbocycles. The van der Waals surface area contributed by atoms with Crippen LogP contribution in [-0.4, -0.2) is 34.3 Å². The zero-order valence-electron chi connectivity index (χ0n) is 10.9. The minimum Gasteiger partial charge on any atom is -0.399 e. The first kappa shape index (κ1) is 14.9. The largest absolute Gasteiger partial charge is 0.399 e. The summed E-state index contributed by atoms with van der Waals surface area (Å²) in [5, 5.41) is 2.38. The van der Waals surface area contributed by atoms with E-state index in [0.29, 0.717) is 31.7 Å². The van der Waals surface area contributed by atoms with Gasteiger partial charge in [-0.1, -0.05) is 0 Å². The minimum absolute atomic E-state index is 0.0129. The monoisotopic (exact) mass is 300 g/mol. The second kappa shape index (κ2) is 6.81. The first-order valence-corrected chi connectivity index (χ1v) is 7.74. The smallest absolute Gasteiger partial charge is 0.237 e. The van der Waals surface area contributed by atoms with Crippen molar-refractivity contribution < 1.29 is 18.1 Å². The molecule has 0 aliphatic carbocycles. The maximum absolute atomic E-state index is 13.5. The molecule has 0 aromatic heterocycles. The van der Waals surface area contributed by atoms with Gasteiger partial charge in [0.15, 0.2) is 0 Å². The van der Waals surface area contributed by atoms with Crippen LogP contribution in [0.25, 0.3) is 0 Å². The molecule has 1 saturated heterocycles. The Kier molecular flexibility index (Phi) is 5.08. The van der Waals surface area contributed by atoms with Crippen molar-refractivity contribution >= 4 is 28.1 Å². The number of nitrogens with two attached hydrogens (primary N) is 1. The normalized spacial score (nSPS) is 17.6. The fraction of sp³-hybridized carbons (Fsp3) is 0.462. The molecule has 110 valence electrons. The SMILES string of the molecule is Nc1ccc(F)c(NC(=O)CS(=O)C2CCOCC2)c1. The van der Waals surface area contributed by atoms with Crippen molar-refractivity contribution in [1.29, 1.82) is 0 Å². The summed E-state index contributed by atoms with van der Waals surface area (Å²) in [6.45, 7) is 1.14. The predicted molar refractivity (Wildman–Crippen MR) is 76.3 cm³/mol. The Morgan fingerprint density at radius 3 is 2.85 bits per heavy atom. The number of carbonyl (C=O) groups is 1. The number of ether oxygens (including phenoxy) is 1. The molecule has 1 aliphatic heterocycles. The Hall–Kier alpha value is -1.47. The molecule has 1 aromatic rings. The number of hydrogen-bond acceptors (Lipinski definition) is 4. The van der Waals surface area contributed by atoms with E-state index < -0.39 is 22.5 Å². The van der Waals surface area contributed by atoms with E-state index in [0.717, 1.165) is 0 Å². The molecule has 0 spiro atoms. The molecule has 1 amide bonds. The fourth-order valence-corrected chi connectivity index (χ4v) is 3.30. The van der Waals surface area contributed by atoms with Crippen LogP contribution in [0.1, 0.15) is 12.8 Å². The van der Waals surface area contributed by atoms with Crippen LogP contribution >= 0.6 is 0 Å². The van der Waals surface area contributed by atoms with Gasteiger partial charge in [0.05, 0.1) is 5.69 Å². The van der Waals surface area contributed by atoms with Gasteiger partial charge in [0.1, 0.15) is 11.6 Å². The molecule has 0 saturated carbocycles. The lowest BCUT2D eigenvalue weighted by Crippen LogP contribution is -2.30. The third-order valence-electron chi connectivity index (χ3n) is 3.08. The molecule has 0 radical (unpaired) electrons. The fourth-order valence-electron chi connectivity index (χ4n) is 2.01. The lowest BCUT2D eigenvalue weighted by atomic mass is 10.2. The van der Waals surface area contributed by atoms with Gasteiger partial charge in [0, 0.05) is 35.0 Å². The van der Waals surface area contributed by atoms with Gasteiger partial charge in [-0.25, -0.2) is 4.39 Å². The van der Waals surface area contributed by atoms with Crippen LogP contribution in [0, 0.1) is 5.82 Å². The molecular formula is C13H17FN2O3S. The first-order valence-electron chi connectivity index (χ1n) is 6.36. The van der Waals surface area contributed by atoms with E-state index in [1.54, 1.807) is 0 Å². The molecular weight excluding hydrogens is 283 g/mol. The van der Waals surface area contributed by atoms with Crippen molar-refractivity contribution in [2.24, 2.45) is 0 Å². The number of rotatable bonds is 4. The Labute approximate surface area is 119 Å². The third-order valence-corrected chi connectivity index (χ3v) is 4.84. The first-order chi connectivity index (χ1) is 9.56. The van der Waals surface area contributed by atoms with Gasteiger partial charge in [-0.15, -0.1) is 0 Å². The Morgan fingerprint density at radius 2 is 2.15 bits per heavy atom. The summed E-state index contributed by atoms with van der Waals surface area (Å²) in [6, 6.07) is 3.93. The average molecular weight is 300 g/mol. The number of anilines is 2. The molecule has 2 rings (SSSR count). The number of hydrogen-bond donors (Lipinski definition) is 2. The minimum atomic E-state index is -1.27. The van der Waals surface area contributed by atoms with Crippen LogP contribution in [0.5, 0.6) is 0 Å². The van der Waals surface area contributed by atoms with Crippen molar-refractivity contribution in [2.75, 3.05) is 30.0 Å². The predicted octanol–water partition coefficient (Wildman–Crippen LogP) is 1.27. The van der Waals surface area contributed by atoms with E-state index in [-0.39, 0.29) is 16.7 Å². The quantitative estimate of drug-likeness (QED) is 0.821. The molecule has 7 heteroatoms. The topological polar surface area (TPSA) is 81.4 Å². The number of nitrogens with one attached hydrogen (secondary N) is 1. The molecule has 1 unspecified atom stereocenters. The Bertz CT molecular complexity index is 518. The highest BCUT2D eigenvalue weighted by atomic mass is 32.2. The van der Waals surface area contributed by atoms with Crippen LogP contribution in [0.4, 0.5) is 15.8 Å². The van der Waals surface area contributed by atoms with Gasteiger partial charge in [-0.2, -0.15) is 0 Å². The maximum atomic E-state index is 13.5.